The van der Waals surface area contributed by atoms with Crippen LogP contribution >= 0.6 is 0 Å². The van der Waals surface area contributed by atoms with Crippen molar-refractivity contribution in [3.8, 4) is 0 Å². The number of fused-ring (bicyclic) bond motifs is 3. The summed E-state index contributed by atoms with van der Waals surface area (Å²) in [4.78, 5) is 12.9. The van der Waals surface area contributed by atoms with E-state index in [1.165, 1.54) is 10.9 Å². The molecule has 1 atom stereocenters. The Labute approximate surface area is 223 Å². The maximum Gasteiger partial charge on any atom is 0.241 e. The molecule has 1 heterocycles. The van der Waals surface area contributed by atoms with Gasteiger partial charge in [0, 0.05) is 46.5 Å². The number of para-hydroxylation sites is 1. The van der Waals surface area contributed by atoms with Crippen LogP contribution in [0, 0.1) is 0 Å². The fourth-order valence-electron chi connectivity index (χ4n) is 4.90. The van der Waals surface area contributed by atoms with Gasteiger partial charge in [-0.25, -0.2) is 13.1 Å². The molecule has 6 nitrogen and oxygen atoms in total. The van der Waals surface area contributed by atoms with Gasteiger partial charge in [-0.15, -0.1) is 0 Å². The van der Waals surface area contributed by atoms with Crippen LogP contribution in [-0.2, 0) is 27.8 Å². The summed E-state index contributed by atoms with van der Waals surface area (Å²) in [7, 11) is -3.66. The van der Waals surface area contributed by atoms with E-state index in [0.29, 0.717) is 12.8 Å². The van der Waals surface area contributed by atoms with Crippen LogP contribution in [0.4, 0.5) is 5.69 Å². The third-order valence-electron chi connectivity index (χ3n) is 6.88. The van der Waals surface area contributed by atoms with Gasteiger partial charge in [-0.2, -0.15) is 0 Å². The molecule has 5 aromatic rings. The van der Waals surface area contributed by atoms with Crippen molar-refractivity contribution in [2.45, 2.75) is 44.2 Å². The Morgan fingerprint density at radius 3 is 2.26 bits per heavy atom. The first-order chi connectivity index (χ1) is 18.4. The van der Waals surface area contributed by atoms with Crippen molar-refractivity contribution in [3.05, 3.63) is 108 Å². The molecule has 0 saturated carbocycles. The summed E-state index contributed by atoms with van der Waals surface area (Å²) in [6, 6.07) is 30.1. The van der Waals surface area contributed by atoms with E-state index < -0.39 is 10.0 Å². The van der Waals surface area contributed by atoms with Crippen molar-refractivity contribution in [3.63, 3.8) is 0 Å². The molecule has 0 aliphatic carbocycles. The second-order valence-corrected chi connectivity index (χ2v) is 11.2. The Bertz CT molecular complexity index is 1690. The third kappa shape index (κ3) is 5.35. The van der Waals surface area contributed by atoms with Gasteiger partial charge in [-0.1, -0.05) is 60.7 Å². The first-order valence-corrected chi connectivity index (χ1v) is 14.3. The Morgan fingerprint density at radius 2 is 1.53 bits per heavy atom. The average Bonchev–Trinajstić information content (AvgIpc) is 3.25. The third-order valence-corrected chi connectivity index (χ3v) is 8.43. The molecular formula is C31H31N3O3S. The Kier molecular flexibility index (Phi) is 7.31. The molecule has 7 heteroatoms. The Hall–Kier alpha value is -3.94. The van der Waals surface area contributed by atoms with Crippen molar-refractivity contribution in [1.82, 2.24) is 9.29 Å². The van der Waals surface area contributed by atoms with E-state index in [-0.39, 0.29) is 16.8 Å². The summed E-state index contributed by atoms with van der Waals surface area (Å²) in [6.45, 7) is 4.82. The summed E-state index contributed by atoms with van der Waals surface area (Å²) in [6.07, 6.45) is 0.807. The molecule has 4 aromatic carbocycles. The summed E-state index contributed by atoms with van der Waals surface area (Å²) < 4.78 is 30.6. The zero-order valence-corrected chi connectivity index (χ0v) is 22.3. The van der Waals surface area contributed by atoms with E-state index in [0.717, 1.165) is 34.3 Å². The molecule has 0 aliphatic heterocycles. The highest BCUT2D eigenvalue weighted by molar-refractivity contribution is 7.89. The number of nitrogens with zero attached hydrogens (tertiary/aromatic N) is 1. The molecule has 5 rings (SSSR count). The largest absolute Gasteiger partial charge is 0.341 e. The molecular weight excluding hydrogens is 494 g/mol. The number of carbonyl (C=O) groups excluding carboxylic acids is 1. The molecule has 1 amide bonds. The van der Waals surface area contributed by atoms with Crippen molar-refractivity contribution < 1.29 is 13.2 Å². The van der Waals surface area contributed by atoms with Crippen LogP contribution in [0.3, 0.4) is 0 Å². The van der Waals surface area contributed by atoms with Gasteiger partial charge in [0.15, 0.2) is 0 Å². The first-order valence-electron chi connectivity index (χ1n) is 12.8. The molecule has 0 bridgehead atoms. The molecule has 2 N–H and O–H groups in total. The number of sulfonamides is 1. The lowest BCUT2D eigenvalue weighted by Crippen LogP contribution is -2.26. The van der Waals surface area contributed by atoms with E-state index in [1.807, 2.05) is 61.5 Å². The minimum absolute atomic E-state index is 0.0846. The molecule has 38 heavy (non-hydrogen) atoms. The Balaban J connectivity index is 1.21. The van der Waals surface area contributed by atoms with Crippen LogP contribution in [0.25, 0.3) is 21.8 Å². The molecule has 0 spiro atoms. The molecule has 0 unspecified atom stereocenters. The smallest absolute Gasteiger partial charge is 0.241 e. The lowest BCUT2D eigenvalue weighted by molar-refractivity contribution is -0.116. The minimum Gasteiger partial charge on any atom is -0.341 e. The molecule has 194 valence electrons. The number of anilines is 1. The predicted molar refractivity (Wildman–Crippen MR) is 154 cm³/mol. The fourth-order valence-corrected chi connectivity index (χ4v) is 6.13. The van der Waals surface area contributed by atoms with Gasteiger partial charge in [0.25, 0.3) is 0 Å². The van der Waals surface area contributed by atoms with Gasteiger partial charge in [0.1, 0.15) is 0 Å². The molecule has 0 fully saturated rings. The van der Waals surface area contributed by atoms with Gasteiger partial charge in [-0.3, -0.25) is 4.79 Å². The summed E-state index contributed by atoms with van der Waals surface area (Å²) in [5.41, 5.74) is 4.89. The number of nitrogens with one attached hydrogen (secondary N) is 2. The second kappa shape index (κ2) is 10.8. The van der Waals surface area contributed by atoms with Crippen LogP contribution in [0.2, 0.25) is 0 Å². The number of benzene rings is 4. The van der Waals surface area contributed by atoms with E-state index in [4.69, 9.17) is 0 Å². The van der Waals surface area contributed by atoms with Gasteiger partial charge in [0.2, 0.25) is 15.9 Å². The summed E-state index contributed by atoms with van der Waals surface area (Å²) >= 11 is 0. The normalized spacial score (nSPS) is 12.6. The second-order valence-electron chi connectivity index (χ2n) is 9.44. The summed E-state index contributed by atoms with van der Waals surface area (Å²) in [5.74, 6) is -0.0846. The number of rotatable bonds is 9. The van der Waals surface area contributed by atoms with Gasteiger partial charge in [0.05, 0.1) is 4.90 Å². The van der Waals surface area contributed by atoms with Crippen LogP contribution in [0.5, 0.6) is 0 Å². The number of carbonyl (C=O) groups is 1. The first kappa shape index (κ1) is 25.7. The van der Waals surface area contributed by atoms with E-state index in [2.05, 4.69) is 39.7 Å². The monoisotopic (exact) mass is 525 g/mol. The van der Waals surface area contributed by atoms with Crippen molar-refractivity contribution >= 4 is 43.4 Å². The van der Waals surface area contributed by atoms with Gasteiger partial charge < -0.3 is 9.88 Å². The number of hydrogen-bond donors (Lipinski definition) is 2. The maximum atomic E-state index is 12.8. The van der Waals surface area contributed by atoms with Crippen molar-refractivity contribution in [1.29, 1.82) is 0 Å². The van der Waals surface area contributed by atoms with Crippen LogP contribution in [0.15, 0.2) is 102 Å². The number of amides is 1. The zero-order valence-electron chi connectivity index (χ0n) is 21.5. The fraction of sp³-hybridized carbons (Fsp3) is 0.194. The van der Waals surface area contributed by atoms with Gasteiger partial charge in [-0.05, 0) is 67.8 Å². The predicted octanol–water partition coefficient (Wildman–Crippen LogP) is 6.43. The highest BCUT2D eigenvalue weighted by Gasteiger charge is 2.18. The highest BCUT2D eigenvalue weighted by atomic mass is 32.2. The molecule has 0 aliphatic rings. The summed E-state index contributed by atoms with van der Waals surface area (Å²) in [5, 5.41) is 5.30. The Morgan fingerprint density at radius 1 is 0.842 bits per heavy atom. The standard InChI is InChI=1S/C31H31N3O3S/c1-3-34-29-12-8-7-11-27(29)28-21-25(16-19-30(28)34)32-31(35)20-15-23-13-17-26(18-14-23)38(36,37)33-22(2)24-9-5-4-6-10-24/h4-14,16-19,21-22,33H,3,15,20H2,1-2H3,(H,32,35)/t22-/m0/s1. The average molecular weight is 526 g/mol. The molecule has 0 saturated heterocycles. The van der Waals surface area contributed by atoms with E-state index in [1.54, 1.807) is 24.3 Å². The maximum absolute atomic E-state index is 12.8. The van der Waals surface area contributed by atoms with Crippen molar-refractivity contribution in [2.24, 2.45) is 0 Å². The highest BCUT2D eigenvalue weighted by Crippen LogP contribution is 2.31. The minimum atomic E-state index is -3.66. The SMILES string of the molecule is CCn1c2ccccc2c2cc(NC(=O)CCc3ccc(S(=O)(=O)N[C@@H](C)c4ccccc4)cc3)ccc21. The van der Waals surface area contributed by atoms with Crippen LogP contribution in [0.1, 0.15) is 37.4 Å². The van der Waals surface area contributed by atoms with Crippen molar-refractivity contribution in [2.75, 3.05) is 5.32 Å². The van der Waals surface area contributed by atoms with Gasteiger partial charge >= 0.3 is 0 Å². The number of hydrogen-bond acceptors (Lipinski definition) is 3. The lowest BCUT2D eigenvalue weighted by atomic mass is 10.1. The molecule has 1 aromatic heterocycles. The van der Waals surface area contributed by atoms with E-state index >= 15 is 0 Å². The lowest BCUT2D eigenvalue weighted by Gasteiger charge is -2.15. The number of aromatic nitrogens is 1. The topological polar surface area (TPSA) is 80.2 Å². The molecule has 0 radical (unpaired) electrons. The van der Waals surface area contributed by atoms with Crippen LogP contribution in [-0.4, -0.2) is 18.9 Å². The quantitative estimate of drug-likeness (QED) is 0.233. The van der Waals surface area contributed by atoms with E-state index in [9.17, 15) is 13.2 Å². The number of aryl methyl sites for hydroxylation is 2. The van der Waals surface area contributed by atoms with Crippen LogP contribution < -0.4 is 10.0 Å². The zero-order chi connectivity index (χ0) is 26.7.